The highest BCUT2D eigenvalue weighted by molar-refractivity contribution is 6.31. The molecule has 1 fully saturated rings. The summed E-state index contributed by atoms with van der Waals surface area (Å²) in [7, 11) is 1.66. The third-order valence-corrected chi connectivity index (χ3v) is 4.35. The Kier molecular flexibility index (Phi) is 7.30. The van der Waals surface area contributed by atoms with E-state index >= 15 is 0 Å². The van der Waals surface area contributed by atoms with Crippen molar-refractivity contribution in [1.29, 1.82) is 0 Å². The number of rotatable bonds is 8. The summed E-state index contributed by atoms with van der Waals surface area (Å²) < 4.78 is 11.1. The third-order valence-electron chi connectivity index (χ3n) is 4.00. The van der Waals surface area contributed by atoms with Crippen molar-refractivity contribution >= 4 is 11.6 Å². The molecule has 1 aromatic carbocycles. The van der Waals surface area contributed by atoms with E-state index in [0.29, 0.717) is 6.61 Å². The zero-order valence-corrected chi connectivity index (χ0v) is 14.3. The highest BCUT2D eigenvalue weighted by Crippen LogP contribution is 2.33. The number of benzene rings is 1. The lowest BCUT2D eigenvalue weighted by atomic mass is 9.98. The first-order valence-corrected chi connectivity index (χ1v) is 8.53. The molecule has 1 aliphatic rings. The van der Waals surface area contributed by atoms with Crippen LogP contribution in [-0.4, -0.2) is 33.4 Å². The first-order valence-electron chi connectivity index (χ1n) is 8.15. The summed E-state index contributed by atoms with van der Waals surface area (Å²) in [6.45, 7) is 6.80. The lowest BCUT2D eigenvalue weighted by Gasteiger charge is -2.23. The summed E-state index contributed by atoms with van der Waals surface area (Å²) >= 11 is 6.37. The molecule has 0 radical (unpaired) electrons. The van der Waals surface area contributed by atoms with E-state index in [-0.39, 0.29) is 0 Å². The fourth-order valence-electron chi connectivity index (χ4n) is 2.69. The normalized spacial score (nSPS) is 15.8. The minimum Gasteiger partial charge on any atom is -0.493 e. The molecular weight excluding hydrogens is 300 g/mol. The van der Waals surface area contributed by atoms with Crippen molar-refractivity contribution in [3.63, 3.8) is 0 Å². The molecule has 0 aromatic heterocycles. The highest BCUT2D eigenvalue weighted by atomic mass is 35.5. The molecule has 2 N–H and O–H groups in total. The predicted molar refractivity (Wildman–Crippen MR) is 91.1 cm³/mol. The summed E-state index contributed by atoms with van der Waals surface area (Å²) in [5, 5.41) is 7.63. The Morgan fingerprint density at radius 3 is 2.73 bits per heavy atom. The van der Waals surface area contributed by atoms with Crippen molar-refractivity contribution in [3.8, 4) is 11.5 Å². The number of ether oxygens (including phenoxy) is 2. The van der Waals surface area contributed by atoms with Gasteiger partial charge in [-0.2, -0.15) is 0 Å². The van der Waals surface area contributed by atoms with Crippen LogP contribution in [0.3, 0.4) is 0 Å². The monoisotopic (exact) mass is 326 g/mol. The molecule has 0 saturated carbocycles. The zero-order valence-electron chi connectivity index (χ0n) is 13.6. The number of methoxy groups -OCH3 is 1. The summed E-state index contributed by atoms with van der Waals surface area (Å²) in [5.74, 6) is 2.22. The summed E-state index contributed by atoms with van der Waals surface area (Å²) in [4.78, 5) is 0. The van der Waals surface area contributed by atoms with Crippen molar-refractivity contribution in [2.75, 3.05) is 33.4 Å². The lowest BCUT2D eigenvalue weighted by molar-refractivity contribution is 0.294. The van der Waals surface area contributed by atoms with Gasteiger partial charge in [-0.3, -0.25) is 0 Å². The fourth-order valence-corrected chi connectivity index (χ4v) is 2.91. The van der Waals surface area contributed by atoms with Crippen molar-refractivity contribution in [2.45, 2.75) is 32.7 Å². The van der Waals surface area contributed by atoms with Crippen LogP contribution in [0.15, 0.2) is 12.1 Å². The molecule has 0 bridgehead atoms. The maximum absolute atomic E-state index is 6.37. The van der Waals surface area contributed by atoms with Crippen LogP contribution < -0.4 is 20.1 Å². The molecule has 0 amide bonds. The molecule has 4 nitrogen and oxygen atoms in total. The Hall–Kier alpha value is -0.970. The summed E-state index contributed by atoms with van der Waals surface area (Å²) in [5.41, 5.74) is 1.05. The molecule has 22 heavy (non-hydrogen) atoms. The van der Waals surface area contributed by atoms with E-state index in [1.807, 2.05) is 12.1 Å². The Balaban J connectivity index is 1.92. The van der Waals surface area contributed by atoms with Gasteiger partial charge in [-0.15, -0.1) is 0 Å². The molecule has 0 atom stereocenters. The van der Waals surface area contributed by atoms with Crippen LogP contribution >= 0.6 is 11.6 Å². The number of halogens is 1. The van der Waals surface area contributed by atoms with Crippen LogP contribution in [0.25, 0.3) is 0 Å². The van der Waals surface area contributed by atoms with Crippen molar-refractivity contribution < 1.29 is 9.47 Å². The van der Waals surface area contributed by atoms with E-state index < -0.39 is 0 Å². The van der Waals surface area contributed by atoms with Gasteiger partial charge in [-0.1, -0.05) is 18.5 Å². The van der Waals surface area contributed by atoms with Crippen LogP contribution in [-0.2, 0) is 6.54 Å². The molecule has 5 heteroatoms. The van der Waals surface area contributed by atoms with Gasteiger partial charge in [0.15, 0.2) is 11.5 Å². The van der Waals surface area contributed by atoms with E-state index in [2.05, 4.69) is 17.6 Å². The average molecular weight is 327 g/mol. The topological polar surface area (TPSA) is 42.5 Å². The first-order chi connectivity index (χ1) is 10.7. The van der Waals surface area contributed by atoms with E-state index in [4.69, 9.17) is 21.1 Å². The van der Waals surface area contributed by atoms with E-state index in [1.54, 1.807) is 7.11 Å². The van der Waals surface area contributed by atoms with E-state index in [9.17, 15) is 0 Å². The van der Waals surface area contributed by atoms with Gasteiger partial charge in [-0.05, 0) is 56.4 Å². The first kappa shape index (κ1) is 17.4. The summed E-state index contributed by atoms with van der Waals surface area (Å²) in [6, 6.07) is 3.83. The molecule has 0 unspecified atom stereocenters. The molecule has 1 aliphatic heterocycles. The number of piperidine rings is 1. The van der Waals surface area contributed by atoms with Gasteiger partial charge in [0.1, 0.15) is 0 Å². The van der Waals surface area contributed by atoms with Crippen LogP contribution in [0.2, 0.25) is 5.02 Å². The Morgan fingerprint density at radius 2 is 2.05 bits per heavy atom. The van der Waals surface area contributed by atoms with Gasteiger partial charge in [-0.25, -0.2) is 0 Å². The maximum atomic E-state index is 6.37. The van der Waals surface area contributed by atoms with Crippen LogP contribution in [0.1, 0.15) is 31.7 Å². The molecule has 1 saturated heterocycles. The molecule has 0 aliphatic carbocycles. The van der Waals surface area contributed by atoms with Gasteiger partial charge in [0.05, 0.1) is 13.7 Å². The second-order valence-corrected chi connectivity index (χ2v) is 6.17. The molecule has 1 heterocycles. The van der Waals surface area contributed by atoms with Gasteiger partial charge >= 0.3 is 0 Å². The van der Waals surface area contributed by atoms with Gasteiger partial charge < -0.3 is 20.1 Å². The zero-order chi connectivity index (χ0) is 15.8. The van der Waals surface area contributed by atoms with Crippen LogP contribution in [0, 0.1) is 5.92 Å². The van der Waals surface area contributed by atoms with Crippen molar-refractivity contribution in [1.82, 2.24) is 10.6 Å². The van der Waals surface area contributed by atoms with Crippen molar-refractivity contribution in [3.05, 3.63) is 22.7 Å². The third kappa shape index (κ3) is 5.04. The van der Waals surface area contributed by atoms with Crippen molar-refractivity contribution in [2.24, 2.45) is 5.92 Å². The van der Waals surface area contributed by atoms with Gasteiger partial charge in [0.2, 0.25) is 0 Å². The SMILES string of the molecule is CCCOc1cc(Cl)c(CNCC2CCNCC2)cc1OC. The smallest absolute Gasteiger partial charge is 0.162 e. The Morgan fingerprint density at radius 1 is 1.27 bits per heavy atom. The maximum Gasteiger partial charge on any atom is 0.162 e. The molecular formula is C17H27ClN2O2. The number of nitrogens with one attached hydrogen (secondary N) is 2. The quantitative estimate of drug-likeness (QED) is 0.769. The lowest BCUT2D eigenvalue weighted by Crippen LogP contribution is -2.33. The van der Waals surface area contributed by atoms with E-state index in [1.165, 1.54) is 12.8 Å². The molecule has 0 spiro atoms. The standard InChI is InChI=1S/C17H27ClN2O2/c1-3-8-22-17-10-15(18)14(9-16(17)21-2)12-20-11-13-4-6-19-7-5-13/h9-10,13,19-20H,3-8,11-12H2,1-2H3. The minimum absolute atomic E-state index is 0.667. The second-order valence-electron chi connectivity index (χ2n) is 5.77. The van der Waals surface area contributed by atoms with Gasteiger partial charge in [0, 0.05) is 17.6 Å². The predicted octanol–water partition coefficient (Wildman–Crippen LogP) is 3.23. The molecule has 1 aromatic rings. The molecule has 2 rings (SSSR count). The molecule has 124 valence electrons. The number of hydrogen-bond donors (Lipinski definition) is 2. The van der Waals surface area contributed by atoms with Gasteiger partial charge in [0.25, 0.3) is 0 Å². The highest BCUT2D eigenvalue weighted by Gasteiger charge is 2.14. The Bertz CT molecular complexity index is 462. The van der Waals surface area contributed by atoms with Crippen LogP contribution in [0.5, 0.6) is 11.5 Å². The largest absolute Gasteiger partial charge is 0.493 e. The second kappa shape index (κ2) is 9.23. The average Bonchev–Trinajstić information content (AvgIpc) is 2.55. The number of hydrogen-bond acceptors (Lipinski definition) is 4. The van der Waals surface area contributed by atoms with E-state index in [0.717, 1.165) is 60.6 Å². The Labute approximate surface area is 138 Å². The fraction of sp³-hybridized carbons (Fsp3) is 0.647. The minimum atomic E-state index is 0.667. The summed E-state index contributed by atoms with van der Waals surface area (Å²) in [6.07, 6.45) is 3.45. The van der Waals surface area contributed by atoms with Crippen LogP contribution in [0.4, 0.5) is 0 Å².